The number of amides is 1. The average Bonchev–Trinajstić information content (AvgIpc) is 3.70. The first-order valence-corrected chi connectivity index (χ1v) is 17.6. The summed E-state index contributed by atoms with van der Waals surface area (Å²) in [5.74, 6) is 3.16. The summed E-state index contributed by atoms with van der Waals surface area (Å²) in [5, 5.41) is 4.43. The Bertz CT molecular complexity index is 1550. The molecule has 1 amide bonds. The van der Waals surface area contributed by atoms with Gasteiger partial charge in [-0.1, -0.05) is 33.1 Å². The highest BCUT2D eigenvalue weighted by atomic mass is 16.5. The van der Waals surface area contributed by atoms with Crippen LogP contribution in [0.2, 0.25) is 0 Å². The lowest BCUT2D eigenvalue weighted by Gasteiger charge is -2.28. The van der Waals surface area contributed by atoms with Crippen molar-refractivity contribution in [2.24, 2.45) is 11.3 Å². The van der Waals surface area contributed by atoms with Gasteiger partial charge in [-0.15, -0.1) is 0 Å². The van der Waals surface area contributed by atoms with Gasteiger partial charge in [-0.05, 0) is 99.9 Å². The van der Waals surface area contributed by atoms with E-state index in [1.807, 2.05) is 19.0 Å². The fourth-order valence-electron chi connectivity index (χ4n) is 8.63. The summed E-state index contributed by atoms with van der Waals surface area (Å²) in [6, 6.07) is 13.3. The lowest BCUT2D eigenvalue weighted by molar-refractivity contribution is -0.137. The van der Waals surface area contributed by atoms with Gasteiger partial charge >= 0.3 is 0 Å². The van der Waals surface area contributed by atoms with Gasteiger partial charge in [0.1, 0.15) is 17.1 Å². The van der Waals surface area contributed by atoms with Gasteiger partial charge in [0.25, 0.3) is 0 Å². The quantitative estimate of drug-likeness (QED) is 0.196. The zero-order chi connectivity index (χ0) is 32.6. The first kappa shape index (κ1) is 32.9. The van der Waals surface area contributed by atoms with Gasteiger partial charge in [0.05, 0.1) is 36.9 Å². The fraction of sp³-hybridized carbons (Fsp3) is 0.615. The fourth-order valence-corrected chi connectivity index (χ4v) is 8.63. The number of carbonyl (C=O) groups excluding carboxylic acids is 1. The molecule has 1 aromatic heterocycles. The predicted octanol–water partition coefficient (Wildman–Crippen LogP) is 7.75. The molecule has 2 fully saturated rings. The number of nitrogens with one attached hydrogen (secondary N) is 1. The minimum atomic E-state index is -0.504. The van der Waals surface area contributed by atoms with Crippen LogP contribution < -0.4 is 14.8 Å². The summed E-state index contributed by atoms with van der Waals surface area (Å²) in [4.78, 5) is 16.4. The number of ether oxygens (including phenoxy) is 3. The van der Waals surface area contributed by atoms with Gasteiger partial charge in [0, 0.05) is 49.6 Å². The maximum Gasteiger partial charge on any atom is 0.231 e. The van der Waals surface area contributed by atoms with Crippen LogP contribution in [0.3, 0.4) is 0 Å². The van der Waals surface area contributed by atoms with Gasteiger partial charge in [0.2, 0.25) is 5.91 Å². The van der Waals surface area contributed by atoms with Crippen LogP contribution in [0.25, 0.3) is 22.2 Å². The van der Waals surface area contributed by atoms with E-state index in [1.54, 1.807) is 7.11 Å². The van der Waals surface area contributed by atoms with Crippen molar-refractivity contribution in [3.63, 3.8) is 0 Å². The third-order valence-corrected chi connectivity index (χ3v) is 10.6. The van der Waals surface area contributed by atoms with Crippen molar-refractivity contribution in [1.29, 1.82) is 0 Å². The molecule has 0 unspecified atom stereocenters. The zero-order valence-electron chi connectivity index (χ0n) is 29.2. The van der Waals surface area contributed by atoms with Crippen LogP contribution in [0.1, 0.15) is 95.6 Å². The minimum absolute atomic E-state index is 0.149. The van der Waals surface area contributed by atoms with Crippen molar-refractivity contribution < 1.29 is 19.0 Å². The lowest BCUT2D eigenvalue weighted by Crippen LogP contribution is -2.39. The summed E-state index contributed by atoms with van der Waals surface area (Å²) >= 11 is 0. The zero-order valence-corrected chi connectivity index (χ0v) is 29.2. The summed E-state index contributed by atoms with van der Waals surface area (Å²) in [6.45, 7) is 12.1. The van der Waals surface area contributed by atoms with Crippen LogP contribution in [0.4, 0.5) is 0 Å². The van der Waals surface area contributed by atoms with Crippen LogP contribution in [0.15, 0.2) is 36.4 Å². The van der Waals surface area contributed by atoms with Crippen LogP contribution >= 0.6 is 0 Å². The highest BCUT2D eigenvalue weighted by molar-refractivity contribution is 5.97. The van der Waals surface area contributed by atoms with E-state index in [1.165, 1.54) is 65.4 Å². The Morgan fingerprint density at radius 3 is 2.57 bits per heavy atom. The van der Waals surface area contributed by atoms with Crippen LogP contribution in [-0.2, 0) is 16.1 Å². The number of fused-ring (bicyclic) bond motifs is 7. The Balaban J connectivity index is 1.48. The van der Waals surface area contributed by atoms with E-state index in [9.17, 15) is 4.79 Å². The highest BCUT2D eigenvalue weighted by Crippen LogP contribution is 2.66. The molecule has 2 heterocycles. The molecule has 7 nitrogen and oxygen atoms in total. The Morgan fingerprint density at radius 1 is 1.09 bits per heavy atom. The maximum absolute atomic E-state index is 14.5. The van der Waals surface area contributed by atoms with Crippen molar-refractivity contribution in [3.05, 3.63) is 47.5 Å². The van der Waals surface area contributed by atoms with Crippen molar-refractivity contribution in [1.82, 2.24) is 14.8 Å². The first-order valence-electron chi connectivity index (χ1n) is 17.6. The molecule has 250 valence electrons. The second-order valence-electron chi connectivity index (χ2n) is 15.1. The number of benzene rings is 2. The summed E-state index contributed by atoms with van der Waals surface area (Å²) < 4.78 is 20.8. The first-order chi connectivity index (χ1) is 22.1. The van der Waals surface area contributed by atoms with Crippen LogP contribution in [0, 0.1) is 11.3 Å². The number of hydrogen-bond acceptors (Lipinski definition) is 5. The third kappa shape index (κ3) is 6.29. The lowest BCUT2D eigenvalue weighted by atomic mass is 9.81. The average molecular weight is 630 g/mol. The molecule has 0 spiro atoms. The SMILES string of the molecule is CNCCOCCN(C)C(=O)[C@@]12C[C@@H]1c1cc(OC)ccc1-c1c(C3CCCCC3)c3ccc(OC(C)(C)CC(C)C)cc3n1C2. The Morgan fingerprint density at radius 2 is 1.85 bits per heavy atom. The number of rotatable bonds is 13. The van der Waals surface area contributed by atoms with Gasteiger partial charge in [-0.25, -0.2) is 0 Å². The molecule has 3 aliphatic rings. The van der Waals surface area contributed by atoms with Crippen molar-refractivity contribution in [2.45, 2.75) is 96.6 Å². The smallest absolute Gasteiger partial charge is 0.231 e. The van der Waals surface area contributed by atoms with Gasteiger partial charge in [-0.2, -0.15) is 0 Å². The van der Waals surface area contributed by atoms with Crippen molar-refractivity contribution in [2.75, 3.05) is 47.5 Å². The molecule has 2 saturated carbocycles. The molecule has 2 atom stereocenters. The topological polar surface area (TPSA) is 65.0 Å². The predicted molar refractivity (Wildman–Crippen MR) is 186 cm³/mol. The van der Waals surface area contributed by atoms with Gasteiger partial charge in [-0.3, -0.25) is 4.79 Å². The largest absolute Gasteiger partial charge is 0.497 e. The molecule has 6 rings (SSSR count). The molecule has 0 bridgehead atoms. The number of hydrogen-bond donors (Lipinski definition) is 1. The molecule has 1 N–H and O–H groups in total. The second-order valence-corrected chi connectivity index (χ2v) is 15.1. The van der Waals surface area contributed by atoms with Crippen LogP contribution in [-0.4, -0.2) is 68.5 Å². The standard InChI is InChI=1S/C39H55N3O4/c1-26(2)23-38(3,4)46-29-14-16-31-34(22-29)42-25-39(37(43)41(6)18-20-45-19-17-40-5)24-33(39)32-21-28(44-7)13-15-30(32)36(42)35(31)27-11-9-8-10-12-27/h13-16,21-22,26-27,33,40H,8-12,17-20,23-25H2,1-7H3/t33-,39-/m1/s1. The molecular weight excluding hydrogens is 574 g/mol. The number of aromatic nitrogens is 1. The normalized spacial score (nSPS) is 21.0. The molecule has 0 saturated heterocycles. The van der Waals surface area contributed by atoms with Gasteiger partial charge < -0.3 is 29.0 Å². The molecule has 0 radical (unpaired) electrons. The second kappa shape index (κ2) is 13.2. The Kier molecular flexibility index (Phi) is 9.46. The highest BCUT2D eigenvalue weighted by Gasteiger charge is 2.63. The molecule has 46 heavy (non-hydrogen) atoms. The van der Waals surface area contributed by atoms with Crippen molar-refractivity contribution in [3.8, 4) is 22.8 Å². The number of methoxy groups -OCH3 is 1. The van der Waals surface area contributed by atoms with E-state index < -0.39 is 5.41 Å². The molecule has 3 aromatic rings. The number of carbonyl (C=O) groups is 1. The summed E-state index contributed by atoms with van der Waals surface area (Å²) in [6.07, 6.45) is 8.08. The van der Waals surface area contributed by atoms with Crippen molar-refractivity contribution >= 4 is 16.8 Å². The molecule has 2 aromatic carbocycles. The monoisotopic (exact) mass is 629 g/mol. The Hall–Kier alpha value is -3.03. The Labute approximate surface area is 276 Å². The van der Waals surface area contributed by atoms with Gasteiger partial charge in [0.15, 0.2) is 0 Å². The van der Waals surface area contributed by atoms with E-state index in [-0.39, 0.29) is 17.4 Å². The van der Waals surface area contributed by atoms with E-state index >= 15 is 0 Å². The van der Waals surface area contributed by atoms with E-state index in [0.717, 1.165) is 30.9 Å². The number of nitrogens with zero attached hydrogens (tertiary/aromatic N) is 2. The maximum atomic E-state index is 14.5. The van der Waals surface area contributed by atoms with E-state index in [0.29, 0.717) is 38.1 Å². The molecule has 2 aliphatic carbocycles. The van der Waals surface area contributed by atoms with E-state index in [4.69, 9.17) is 14.2 Å². The summed E-state index contributed by atoms with van der Waals surface area (Å²) in [5.41, 5.74) is 5.68. The van der Waals surface area contributed by atoms with E-state index in [2.05, 4.69) is 74.0 Å². The molecule has 1 aliphatic heterocycles. The summed E-state index contributed by atoms with van der Waals surface area (Å²) in [7, 11) is 5.60. The molecule has 7 heteroatoms. The number of likely N-dealkylation sites (N-methyl/N-ethyl adjacent to an activating group) is 2. The third-order valence-electron chi connectivity index (χ3n) is 10.6. The molecular formula is C39H55N3O4. The van der Waals surface area contributed by atoms with Crippen LogP contribution in [0.5, 0.6) is 11.5 Å². The minimum Gasteiger partial charge on any atom is -0.497 e.